The molecule has 1 N–H and O–H groups in total. The molecule has 3 rings (SSSR count). The highest BCUT2D eigenvalue weighted by Gasteiger charge is 2.51. The molecule has 2 aliphatic rings. The number of Topliss-reactive ketones (excluding diaryl/α,β-unsaturated/α-hetero) is 4. The molecule has 0 fully saturated rings. The molecule has 1 aromatic carbocycles. The summed E-state index contributed by atoms with van der Waals surface area (Å²) in [5.74, 6) is -2.48. The van der Waals surface area contributed by atoms with Crippen molar-refractivity contribution in [3.8, 4) is 0 Å². The monoisotopic (exact) mass is 326 g/mol. The third kappa shape index (κ3) is 2.36. The summed E-state index contributed by atoms with van der Waals surface area (Å²) < 4.78 is 0. The van der Waals surface area contributed by atoms with Crippen molar-refractivity contribution in [2.75, 3.05) is 0 Å². The number of aliphatic hydroxyl groups is 1. The second kappa shape index (κ2) is 5.60. The number of hydrogen-bond donors (Lipinski definition) is 1. The summed E-state index contributed by atoms with van der Waals surface area (Å²) in [5, 5.41) is 10.9. The molecular formula is C19H18O5. The Morgan fingerprint density at radius 3 is 2.25 bits per heavy atom. The molecule has 0 saturated carbocycles. The molecule has 0 heterocycles. The number of fused-ring (bicyclic) bond motifs is 1. The van der Waals surface area contributed by atoms with Gasteiger partial charge in [-0.3, -0.25) is 19.2 Å². The summed E-state index contributed by atoms with van der Waals surface area (Å²) in [4.78, 5) is 49.5. The van der Waals surface area contributed by atoms with Gasteiger partial charge < -0.3 is 5.11 Å². The molecule has 0 aromatic heterocycles. The number of hydrogen-bond acceptors (Lipinski definition) is 5. The van der Waals surface area contributed by atoms with Crippen molar-refractivity contribution in [3.63, 3.8) is 0 Å². The van der Waals surface area contributed by atoms with E-state index in [1.165, 1.54) is 13.8 Å². The number of carbonyl (C=O) groups is 4. The van der Waals surface area contributed by atoms with E-state index in [4.69, 9.17) is 0 Å². The van der Waals surface area contributed by atoms with E-state index in [1.807, 2.05) is 0 Å². The average molecular weight is 326 g/mol. The van der Waals surface area contributed by atoms with Crippen LogP contribution in [0.15, 0.2) is 35.4 Å². The lowest BCUT2D eigenvalue weighted by atomic mass is 9.63. The largest absolute Gasteiger partial charge is 0.388 e. The highest BCUT2D eigenvalue weighted by Crippen LogP contribution is 2.45. The summed E-state index contributed by atoms with van der Waals surface area (Å²) >= 11 is 0. The summed E-state index contributed by atoms with van der Waals surface area (Å²) in [5.41, 5.74) is -0.660. The van der Waals surface area contributed by atoms with Gasteiger partial charge in [0.2, 0.25) is 0 Å². The van der Waals surface area contributed by atoms with Crippen LogP contribution in [0, 0.1) is 5.92 Å². The fourth-order valence-electron chi connectivity index (χ4n) is 3.96. The van der Waals surface area contributed by atoms with Crippen LogP contribution in [0.4, 0.5) is 0 Å². The van der Waals surface area contributed by atoms with Crippen molar-refractivity contribution in [3.05, 3.63) is 46.5 Å². The molecule has 1 aromatic rings. The Morgan fingerprint density at radius 1 is 1.12 bits per heavy atom. The smallest absolute Gasteiger partial charge is 0.191 e. The predicted octanol–water partition coefficient (Wildman–Crippen LogP) is 2.07. The molecule has 0 radical (unpaired) electrons. The lowest BCUT2D eigenvalue weighted by Crippen LogP contribution is -2.50. The standard InChI is InChI=1S/C19H18O5/c1-10(20)9-19(24)8-7-14-15(16(19)11(2)21)18(23)13-6-4-3-5-12(13)17(14)22/h3-6,16,24H,7-9H2,1-2H3/t16-,19-/m0/s1. The zero-order valence-corrected chi connectivity index (χ0v) is 13.6. The van der Waals surface area contributed by atoms with Gasteiger partial charge in [0.15, 0.2) is 11.6 Å². The lowest BCUT2D eigenvalue weighted by molar-refractivity contribution is -0.134. The van der Waals surface area contributed by atoms with E-state index in [2.05, 4.69) is 0 Å². The molecule has 2 aliphatic carbocycles. The van der Waals surface area contributed by atoms with E-state index in [-0.39, 0.29) is 42.0 Å². The van der Waals surface area contributed by atoms with Crippen molar-refractivity contribution < 1.29 is 24.3 Å². The first-order valence-electron chi connectivity index (χ1n) is 7.90. The number of allylic oxidation sites excluding steroid dienone is 1. The molecule has 0 amide bonds. The van der Waals surface area contributed by atoms with Crippen LogP contribution in [0.5, 0.6) is 0 Å². The maximum atomic E-state index is 12.9. The maximum absolute atomic E-state index is 12.9. The van der Waals surface area contributed by atoms with Gasteiger partial charge in [-0.1, -0.05) is 24.3 Å². The average Bonchev–Trinajstić information content (AvgIpc) is 2.50. The molecule has 0 aliphatic heterocycles. The van der Waals surface area contributed by atoms with E-state index in [9.17, 15) is 24.3 Å². The van der Waals surface area contributed by atoms with Gasteiger partial charge in [-0.2, -0.15) is 0 Å². The van der Waals surface area contributed by atoms with Crippen molar-refractivity contribution >= 4 is 23.1 Å². The van der Waals surface area contributed by atoms with E-state index < -0.39 is 23.1 Å². The number of benzene rings is 1. The van der Waals surface area contributed by atoms with Gasteiger partial charge in [-0.25, -0.2) is 0 Å². The molecule has 24 heavy (non-hydrogen) atoms. The second-order valence-electron chi connectivity index (χ2n) is 6.62. The second-order valence-corrected chi connectivity index (χ2v) is 6.62. The topological polar surface area (TPSA) is 88.5 Å². The van der Waals surface area contributed by atoms with Crippen LogP contribution in [-0.4, -0.2) is 33.8 Å². The molecule has 0 bridgehead atoms. The van der Waals surface area contributed by atoms with Gasteiger partial charge in [0.05, 0.1) is 11.5 Å². The third-order valence-corrected chi connectivity index (χ3v) is 4.86. The zero-order valence-electron chi connectivity index (χ0n) is 13.6. The molecule has 0 unspecified atom stereocenters. The summed E-state index contributed by atoms with van der Waals surface area (Å²) in [7, 11) is 0. The van der Waals surface area contributed by atoms with E-state index in [1.54, 1.807) is 24.3 Å². The van der Waals surface area contributed by atoms with Crippen LogP contribution in [0.25, 0.3) is 0 Å². The summed E-state index contributed by atoms with van der Waals surface area (Å²) in [6, 6.07) is 6.49. The molecule has 0 spiro atoms. The van der Waals surface area contributed by atoms with Gasteiger partial charge in [0, 0.05) is 28.7 Å². The van der Waals surface area contributed by atoms with Crippen LogP contribution >= 0.6 is 0 Å². The van der Waals surface area contributed by atoms with Crippen molar-refractivity contribution in [1.82, 2.24) is 0 Å². The minimum Gasteiger partial charge on any atom is -0.388 e. The Hall–Kier alpha value is -2.40. The fourth-order valence-corrected chi connectivity index (χ4v) is 3.96. The van der Waals surface area contributed by atoms with Crippen molar-refractivity contribution in [2.24, 2.45) is 5.92 Å². The van der Waals surface area contributed by atoms with Crippen molar-refractivity contribution in [2.45, 2.75) is 38.7 Å². The summed E-state index contributed by atoms with van der Waals surface area (Å²) in [6.07, 6.45) is 0.0792. The van der Waals surface area contributed by atoms with E-state index in [0.717, 1.165) is 0 Å². The first-order chi connectivity index (χ1) is 11.3. The summed E-state index contributed by atoms with van der Waals surface area (Å²) in [6.45, 7) is 2.62. The Kier molecular flexibility index (Phi) is 3.84. The Balaban J connectivity index is 2.19. The van der Waals surface area contributed by atoms with Crippen LogP contribution in [0.1, 0.15) is 53.8 Å². The number of ketones is 4. The number of rotatable bonds is 3. The third-order valence-electron chi connectivity index (χ3n) is 4.86. The molecule has 0 saturated heterocycles. The minimum absolute atomic E-state index is 0.0706. The Morgan fingerprint density at radius 2 is 1.71 bits per heavy atom. The lowest BCUT2D eigenvalue weighted by Gasteiger charge is -2.41. The van der Waals surface area contributed by atoms with Crippen LogP contribution in [0.3, 0.4) is 0 Å². The molecule has 2 atom stereocenters. The van der Waals surface area contributed by atoms with Crippen LogP contribution < -0.4 is 0 Å². The first-order valence-corrected chi connectivity index (χ1v) is 7.90. The zero-order chi connectivity index (χ0) is 17.6. The van der Waals surface area contributed by atoms with Gasteiger partial charge >= 0.3 is 0 Å². The van der Waals surface area contributed by atoms with Gasteiger partial charge in [0.25, 0.3) is 0 Å². The molecule has 5 nitrogen and oxygen atoms in total. The van der Waals surface area contributed by atoms with E-state index >= 15 is 0 Å². The minimum atomic E-state index is -1.61. The first kappa shape index (κ1) is 16.5. The van der Waals surface area contributed by atoms with Crippen LogP contribution in [-0.2, 0) is 9.59 Å². The Labute approximate surface area is 139 Å². The van der Waals surface area contributed by atoms with Gasteiger partial charge in [0.1, 0.15) is 11.6 Å². The van der Waals surface area contributed by atoms with Crippen molar-refractivity contribution in [1.29, 1.82) is 0 Å². The predicted molar refractivity (Wildman–Crippen MR) is 85.8 cm³/mol. The maximum Gasteiger partial charge on any atom is 0.191 e. The molecular weight excluding hydrogens is 308 g/mol. The normalized spacial score (nSPS) is 26.0. The molecule has 5 heteroatoms. The highest BCUT2D eigenvalue weighted by atomic mass is 16.3. The van der Waals surface area contributed by atoms with Gasteiger partial charge in [-0.05, 0) is 26.7 Å². The highest BCUT2D eigenvalue weighted by molar-refractivity contribution is 6.28. The SMILES string of the molecule is CC(=O)C[C@@]1(O)CCC2=C(C(=O)c3ccccc3C2=O)[C@@H]1C(C)=O. The van der Waals surface area contributed by atoms with E-state index in [0.29, 0.717) is 11.1 Å². The fraction of sp³-hybridized carbons (Fsp3) is 0.368. The number of carbonyl (C=O) groups excluding carboxylic acids is 4. The Bertz CT molecular complexity index is 817. The quantitative estimate of drug-likeness (QED) is 0.918. The van der Waals surface area contributed by atoms with Gasteiger partial charge in [-0.15, -0.1) is 0 Å². The molecule has 124 valence electrons. The van der Waals surface area contributed by atoms with Crippen LogP contribution in [0.2, 0.25) is 0 Å².